The highest BCUT2D eigenvalue weighted by Crippen LogP contribution is 2.38. The first-order valence-corrected chi connectivity index (χ1v) is 12.9. The molecule has 0 saturated heterocycles. The molecule has 0 spiro atoms. The molecule has 0 fully saturated rings. The van der Waals surface area contributed by atoms with Crippen LogP contribution in [0, 0.1) is 0 Å². The van der Waals surface area contributed by atoms with Crippen molar-refractivity contribution in [2.45, 2.75) is 0 Å². The predicted molar refractivity (Wildman–Crippen MR) is 159 cm³/mol. The number of aromatic nitrogens is 4. The summed E-state index contributed by atoms with van der Waals surface area (Å²) >= 11 is 0. The Morgan fingerprint density at radius 2 is 1.88 bits per heavy atom. The summed E-state index contributed by atoms with van der Waals surface area (Å²) in [4.78, 5) is 30.4. The van der Waals surface area contributed by atoms with Crippen molar-refractivity contribution in [2.75, 3.05) is 70.1 Å². The normalized spacial score (nSPS) is 11.1. The van der Waals surface area contributed by atoms with Gasteiger partial charge in [0, 0.05) is 46.6 Å². The van der Waals surface area contributed by atoms with Gasteiger partial charge in [0.1, 0.15) is 18.1 Å². The Kier molecular flexibility index (Phi) is 9.31. The molecule has 2 aromatic carbocycles. The van der Waals surface area contributed by atoms with Crippen LogP contribution in [0.1, 0.15) is 0 Å². The van der Waals surface area contributed by atoms with E-state index in [-0.39, 0.29) is 5.91 Å². The molecule has 0 atom stereocenters. The summed E-state index contributed by atoms with van der Waals surface area (Å²) in [6.07, 6.45) is 2.92. The van der Waals surface area contributed by atoms with Crippen molar-refractivity contribution < 1.29 is 14.3 Å². The van der Waals surface area contributed by atoms with Gasteiger partial charge in [-0.3, -0.25) is 4.79 Å². The maximum absolute atomic E-state index is 12.3. The van der Waals surface area contributed by atoms with Gasteiger partial charge in [0.2, 0.25) is 11.9 Å². The van der Waals surface area contributed by atoms with E-state index in [9.17, 15) is 4.79 Å². The average Bonchev–Trinajstić information content (AvgIpc) is 3.29. The highest BCUT2D eigenvalue weighted by molar-refractivity contribution is 6.02. The van der Waals surface area contributed by atoms with Gasteiger partial charge in [-0.15, -0.1) is 0 Å². The summed E-state index contributed by atoms with van der Waals surface area (Å²) < 4.78 is 13.3. The first kappa shape index (κ1) is 28.5. The van der Waals surface area contributed by atoms with Crippen molar-refractivity contribution in [1.29, 1.82) is 0 Å². The largest absolute Gasteiger partial charge is 0.489 e. The topological polar surface area (TPSA) is 110 Å². The minimum Gasteiger partial charge on any atom is -0.489 e. The molecule has 2 N–H and O–H groups in total. The second kappa shape index (κ2) is 13.0. The Morgan fingerprint density at radius 3 is 2.60 bits per heavy atom. The van der Waals surface area contributed by atoms with E-state index in [0.717, 1.165) is 35.6 Å². The fourth-order valence-electron chi connectivity index (χ4n) is 4.13. The zero-order valence-corrected chi connectivity index (χ0v) is 23.6. The molecule has 0 saturated carbocycles. The van der Waals surface area contributed by atoms with Crippen LogP contribution in [-0.4, -0.2) is 84.9 Å². The van der Waals surface area contributed by atoms with E-state index < -0.39 is 0 Å². The molecule has 40 heavy (non-hydrogen) atoms. The van der Waals surface area contributed by atoms with Crippen molar-refractivity contribution in [3.8, 4) is 17.3 Å². The monoisotopic (exact) mass is 544 g/mol. The summed E-state index contributed by atoms with van der Waals surface area (Å²) in [5.74, 6) is 1.33. The van der Waals surface area contributed by atoms with Gasteiger partial charge in [-0.25, -0.2) is 15.0 Å². The Hall–Kier alpha value is -4.48. The molecule has 4 aromatic rings. The number of imidazole rings is 1. The first-order valence-electron chi connectivity index (χ1n) is 12.9. The number of ether oxygens (including phenoxy) is 2. The second-order valence-electron chi connectivity index (χ2n) is 9.50. The van der Waals surface area contributed by atoms with Gasteiger partial charge < -0.3 is 34.5 Å². The Balaban J connectivity index is 1.73. The van der Waals surface area contributed by atoms with Gasteiger partial charge >= 0.3 is 0 Å². The van der Waals surface area contributed by atoms with Crippen LogP contribution in [-0.2, 0) is 16.6 Å². The van der Waals surface area contributed by atoms with Crippen molar-refractivity contribution in [3.05, 3.63) is 61.3 Å². The van der Waals surface area contributed by atoms with Gasteiger partial charge in [0.05, 0.1) is 34.7 Å². The lowest BCUT2D eigenvalue weighted by atomic mass is 10.2. The Labute approximate surface area is 234 Å². The number of hydrogen-bond acceptors (Lipinski definition) is 9. The van der Waals surface area contributed by atoms with E-state index in [4.69, 9.17) is 19.4 Å². The predicted octanol–water partition coefficient (Wildman–Crippen LogP) is 3.92. The summed E-state index contributed by atoms with van der Waals surface area (Å²) in [5, 5.41) is 6.20. The van der Waals surface area contributed by atoms with Crippen LogP contribution in [0.5, 0.6) is 5.75 Å². The van der Waals surface area contributed by atoms with Crippen LogP contribution in [0.3, 0.4) is 0 Å². The lowest BCUT2D eigenvalue weighted by Crippen LogP contribution is -2.29. The molecule has 2 aromatic heterocycles. The third-order valence-electron chi connectivity index (χ3n) is 6.30. The molecule has 11 nitrogen and oxygen atoms in total. The SMILES string of the molecule is C=CC(=O)Nc1cc(Nc2nccc(-c3nc4ccccc4n3C)n2)c(OCCOC)cc1N(C)CCN(C)C. The van der Waals surface area contributed by atoms with Gasteiger partial charge in [-0.05, 0) is 44.4 Å². The van der Waals surface area contributed by atoms with Crippen LogP contribution < -0.4 is 20.3 Å². The smallest absolute Gasteiger partial charge is 0.247 e. The number of rotatable bonds is 13. The van der Waals surface area contributed by atoms with Crippen LogP contribution in [0.25, 0.3) is 22.6 Å². The highest BCUT2D eigenvalue weighted by atomic mass is 16.5. The molecule has 11 heteroatoms. The third-order valence-corrected chi connectivity index (χ3v) is 6.30. The summed E-state index contributed by atoms with van der Waals surface area (Å²) in [7, 11) is 9.58. The molecule has 4 rings (SSSR count). The van der Waals surface area contributed by atoms with Gasteiger partial charge in [-0.2, -0.15) is 0 Å². The maximum atomic E-state index is 12.3. The number of nitrogens with one attached hydrogen (secondary N) is 2. The number of nitrogens with zero attached hydrogens (tertiary/aromatic N) is 6. The average molecular weight is 545 g/mol. The standard InChI is InChI=1S/C29H36N8O3/c1-7-27(38)31-22-18-23(26(40-17-16-39-6)19-25(22)36(4)15-14-35(2)3)34-29-30-13-12-21(33-29)28-32-20-10-8-9-11-24(20)37(28)5/h7-13,18-19H,1,14-17H2,2-6H3,(H,31,38)(H,30,33,34). The zero-order chi connectivity index (χ0) is 28.6. The van der Waals surface area contributed by atoms with E-state index in [0.29, 0.717) is 42.0 Å². The van der Waals surface area contributed by atoms with Crippen molar-refractivity contribution in [1.82, 2.24) is 24.4 Å². The van der Waals surface area contributed by atoms with Gasteiger partial charge in [0.25, 0.3) is 0 Å². The number of likely N-dealkylation sites (N-methyl/N-ethyl adjacent to an activating group) is 2. The minimum atomic E-state index is -0.318. The number of carbonyl (C=O) groups excluding carboxylic acids is 1. The van der Waals surface area contributed by atoms with E-state index >= 15 is 0 Å². The molecule has 0 unspecified atom stereocenters. The molecule has 0 aliphatic heterocycles. The van der Waals surface area contributed by atoms with Gasteiger partial charge in [0.15, 0.2) is 5.82 Å². The lowest BCUT2D eigenvalue weighted by Gasteiger charge is -2.26. The van der Waals surface area contributed by atoms with E-state index in [1.54, 1.807) is 13.3 Å². The molecule has 0 aliphatic rings. The summed E-state index contributed by atoms with van der Waals surface area (Å²) in [6, 6.07) is 13.5. The third kappa shape index (κ3) is 6.74. The number of benzene rings is 2. The van der Waals surface area contributed by atoms with Crippen LogP contribution in [0.2, 0.25) is 0 Å². The number of methoxy groups -OCH3 is 1. The number of aryl methyl sites for hydroxylation is 1. The fourth-order valence-corrected chi connectivity index (χ4v) is 4.13. The molecule has 1 amide bonds. The molecular weight excluding hydrogens is 508 g/mol. The molecule has 0 aliphatic carbocycles. The van der Waals surface area contributed by atoms with Crippen molar-refractivity contribution >= 4 is 40.0 Å². The highest BCUT2D eigenvalue weighted by Gasteiger charge is 2.18. The summed E-state index contributed by atoms with van der Waals surface area (Å²) in [6.45, 7) is 5.91. The number of hydrogen-bond donors (Lipinski definition) is 2. The van der Waals surface area contributed by atoms with Crippen molar-refractivity contribution in [2.24, 2.45) is 7.05 Å². The van der Waals surface area contributed by atoms with Crippen molar-refractivity contribution in [3.63, 3.8) is 0 Å². The number of carbonyl (C=O) groups is 1. The maximum Gasteiger partial charge on any atom is 0.247 e. The van der Waals surface area contributed by atoms with Crippen LogP contribution in [0.4, 0.5) is 23.0 Å². The van der Waals surface area contributed by atoms with E-state index in [1.165, 1.54) is 6.08 Å². The Morgan fingerprint density at radius 1 is 1.07 bits per heavy atom. The van der Waals surface area contributed by atoms with Gasteiger partial charge in [-0.1, -0.05) is 18.7 Å². The molecule has 2 heterocycles. The molecule has 0 bridgehead atoms. The second-order valence-corrected chi connectivity index (χ2v) is 9.50. The lowest BCUT2D eigenvalue weighted by molar-refractivity contribution is -0.111. The number of anilines is 4. The van der Waals surface area contributed by atoms with E-state index in [2.05, 4.69) is 32.0 Å². The molecule has 210 valence electrons. The molecule has 0 radical (unpaired) electrons. The number of amides is 1. The first-order chi connectivity index (χ1) is 19.3. The quantitative estimate of drug-likeness (QED) is 0.191. The summed E-state index contributed by atoms with van der Waals surface area (Å²) in [5.41, 5.74) is 4.54. The zero-order valence-electron chi connectivity index (χ0n) is 23.6. The number of para-hydroxylation sites is 2. The van der Waals surface area contributed by atoms with Crippen LogP contribution >= 0.6 is 0 Å². The fraction of sp³-hybridized carbons (Fsp3) is 0.310. The minimum absolute atomic E-state index is 0.318. The number of fused-ring (bicyclic) bond motifs is 1. The van der Waals surface area contributed by atoms with Crippen LogP contribution in [0.15, 0.2) is 61.3 Å². The Bertz CT molecular complexity index is 1480. The van der Waals surface area contributed by atoms with E-state index in [1.807, 2.05) is 75.2 Å². The molecular formula is C29H36N8O3.